The number of benzene rings is 1. The van der Waals surface area contributed by atoms with Crippen molar-refractivity contribution in [1.29, 1.82) is 0 Å². The van der Waals surface area contributed by atoms with Crippen LogP contribution >= 0.6 is 23.2 Å². The van der Waals surface area contributed by atoms with Crippen LogP contribution in [0.25, 0.3) is 0 Å². The average Bonchev–Trinajstić information content (AvgIpc) is 3.16. The number of rotatable bonds is 4. The minimum atomic E-state index is -1.23. The van der Waals surface area contributed by atoms with Gasteiger partial charge >= 0.3 is 5.97 Å². The Hall–Kier alpha value is -1.26. The van der Waals surface area contributed by atoms with Crippen molar-refractivity contribution in [2.24, 2.45) is 5.92 Å². The van der Waals surface area contributed by atoms with Crippen LogP contribution in [0.2, 0.25) is 10.0 Å². The summed E-state index contributed by atoms with van der Waals surface area (Å²) in [5, 5.41) is 10.3. The number of amides is 1. The minimum absolute atomic E-state index is 0.0364. The second-order valence-corrected chi connectivity index (χ2v) is 6.72. The number of likely N-dealkylation sites (N-methyl/N-ethyl adjacent to an activating group) is 1. The quantitative estimate of drug-likeness (QED) is 0.920. The molecule has 1 saturated carbocycles. The van der Waals surface area contributed by atoms with Crippen LogP contribution in [0.4, 0.5) is 0 Å². The molecule has 0 aromatic heterocycles. The Labute approximate surface area is 133 Å². The molecule has 0 heterocycles. The largest absolute Gasteiger partial charge is 0.480 e. The molecule has 1 amide bonds. The van der Waals surface area contributed by atoms with E-state index in [1.807, 2.05) is 6.07 Å². The number of aliphatic carboxylic acids is 1. The van der Waals surface area contributed by atoms with Crippen molar-refractivity contribution < 1.29 is 14.7 Å². The van der Waals surface area contributed by atoms with E-state index in [1.165, 1.54) is 25.8 Å². The summed E-state index contributed by atoms with van der Waals surface area (Å²) in [6.07, 6.45) is 0.681. The molecule has 1 aromatic rings. The van der Waals surface area contributed by atoms with Crippen molar-refractivity contribution in [2.45, 2.75) is 31.7 Å². The molecule has 21 heavy (non-hydrogen) atoms. The Morgan fingerprint density at radius 1 is 1.33 bits per heavy atom. The molecule has 0 radical (unpaired) electrons. The Morgan fingerprint density at radius 2 is 1.95 bits per heavy atom. The Balaban J connectivity index is 2.13. The number of carbonyl (C=O) groups is 2. The van der Waals surface area contributed by atoms with Gasteiger partial charge in [0.15, 0.2) is 0 Å². The fourth-order valence-electron chi connectivity index (χ4n) is 2.28. The first-order valence-corrected chi connectivity index (χ1v) is 7.38. The molecule has 1 fully saturated rings. The Kier molecular flexibility index (Phi) is 4.22. The van der Waals surface area contributed by atoms with E-state index in [1.54, 1.807) is 12.1 Å². The van der Waals surface area contributed by atoms with Crippen LogP contribution < -0.4 is 0 Å². The maximum atomic E-state index is 12.4. The van der Waals surface area contributed by atoms with Crippen LogP contribution in [-0.4, -0.2) is 34.5 Å². The standard InChI is InChI=1S/C15H17Cl2NO3/c1-15(2,14(20)21)18(3)13(19)11-7-10(11)9-5-4-8(16)6-12(9)17/h4-6,10-11H,7H2,1-3H3,(H,20,21). The highest BCUT2D eigenvalue weighted by Crippen LogP contribution is 2.51. The summed E-state index contributed by atoms with van der Waals surface area (Å²) >= 11 is 12.0. The number of hydrogen-bond acceptors (Lipinski definition) is 2. The lowest BCUT2D eigenvalue weighted by Crippen LogP contribution is -2.51. The van der Waals surface area contributed by atoms with Gasteiger partial charge in [-0.2, -0.15) is 0 Å². The fourth-order valence-corrected chi connectivity index (χ4v) is 2.83. The molecule has 0 spiro atoms. The van der Waals surface area contributed by atoms with Gasteiger partial charge in [-0.25, -0.2) is 4.79 Å². The third-order valence-corrected chi connectivity index (χ3v) is 4.72. The highest BCUT2D eigenvalue weighted by atomic mass is 35.5. The smallest absolute Gasteiger partial charge is 0.329 e. The molecule has 4 nitrogen and oxygen atoms in total. The van der Waals surface area contributed by atoms with Gasteiger partial charge in [-0.15, -0.1) is 0 Å². The van der Waals surface area contributed by atoms with Gasteiger partial charge in [0.1, 0.15) is 5.54 Å². The predicted octanol–water partition coefficient (Wildman–Crippen LogP) is 3.42. The van der Waals surface area contributed by atoms with E-state index in [2.05, 4.69) is 0 Å². The molecule has 1 aromatic carbocycles. The second kappa shape index (κ2) is 5.50. The van der Waals surface area contributed by atoms with E-state index in [9.17, 15) is 14.7 Å². The summed E-state index contributed by atoms with van der Waals surface area (Å²) < 4.78 is 0. The average molecular weight is 330 g/mol. The Morgan fingerprint density at radius 3 is 2.48 bits per heavy atom. The van der Waals surface area contributed by atoms with Crippen LogP contribution in [0, 0.1) is 5.92 Å². The molecule has 2 unspecified atom stereocenters. The van der Waals surface area contributed by atoms with E-state index >= 15 is 0 Å². The number of carboxylic acids is 1. The third kappa shape index (κ3) is 3.01. The highest BCUT2D eigenvalue weighted by Gasteiger charge is 2.49. The number of halogens is 2. The second-order valence-electron chi connectivity index (χ2n) is 5.88. The van der Waals surface area contributed by atoms with Crippen molar-refractivity contribution in [1.82, 2.24) is 4.90 Å². The molecular weight excluding hydrogens is 313 g/mol. The summed E-state index contributed by atoms with van der Waals surface area (Å²) in [5.74, 6) is -1.37. The van der Waals surface area contributed by atoms with Crippen molar-refractivity contribution >= 4 is 35.1 Å². The zero-order valence-corrected chi connectivity index (χ0v) is 13.6. The summed E-state index contributed by atoms with van der Waals surface area (Å²) in [7, 11) is 1.52. The number of hydrogen-bond donors (Lipinski definition) is 1. The first-order chi connectivity index (χ1) is 9.66. The summed E-state index contributed by atoms with van der Waals surface area (Å²) in [5.41, 5.74) is -0.338. The number of carboxylic acid groups (broad SMARTS) is 1. The van der Waals surface area contributed by atoms with E-state index in [0.717, 1.165) is 5.56 Å². The Bertz CT molecular complexity index is 601. The molecule has 1 aliphatic rings. The maximum Gasteiger partial charge on any atom is 0.329 e. The fraction of sp³-hybridized carbons (Fsp3) is 0.467. The maximum absolute atomic E-state index is 12.4. The molecule has 6 heteroatoms. The van der Waals surface area contributed by atoms with Crippen LogP contribution in [0.3, 0.4) is 0 Å². The van der Waals surface area contributed by atoms with Crippen molar-refractivity contribution in [3.05, 3.63) is 33.8 Å². The zero-order valence-electron chi connectivity index (χ0n) is 12.1. The van der Waals surface area contributed by atoms with E-state index < -0.39 is 11.5 Å². The summed E-state index contributed by atoms with van der Waals surface area (Å²) in [4.78, 5) is 24.9. The molecule has 2 rings (SSSR count). The molecule has 2 atom stereocenters. The molecule has 0 aliphatic heterocycles. The SMILES string of the molecule is CN(C(=O)C1CC1c1ccc(Cl)cc1Cl)C(C)(C)C(=O)O. The van der Waals surface area contributed by atoms with E-state index in [0.29, 0.717) is 16.5 Å². The van der Waals surface area contributed by atoms with Crippen molar-refractivity contribution in [3.8, 4) is 0 Å². The summed E-state index contributed by atoms with van der Waals surface area (Å²) in [6.45, 7) is 3.03. The van der Waals surface area contributed by atoms with Gasteiger partial charge in [0, 0.05) is 23.0 Å². The number of carbonyl (C=O) groups excluding carboxylic acids is 1. The summed E-state index contributed by atoms with van der Waals surface area (Å²) in [6, 6.07) is 5.22. The van der Waals surface area contributed by atoms with Gasteiger partial charge < -0.3 is 10.0 Å². The lowest BCUT2D eigenvalue weighted by Gasteiger charge is -2.31. The van der Waals surface area contributed by atoms with Crippen molar-refractivity contribution in [2.75, 3.05) is 7.05 Å². The predicted molar refractivity (Wildman–Crippen MR) is 81.8 cm³/mol. The van der Waals surface area contributed by atoms with Gasteiger partial charge in [0.05, 0.1) is 0 Å². The molecular formula is C15H17Cl2NO3. The topological polar surface area (TPSA) is 57.6 Å². The van der Waals surface area contributed by atoms with E-state index in [4.69, 9.17) is 23.2 Å². The normalized spacial score (nSPS) is 21.0. The first kappa shape index (κ1) is 16.1. The molecule has 1 aliphatic carbocycles. The van der Waals surface area contributed by atoms with E-state index in [-0.39, 0.29) is 17.7 Å². The van der Waals surface area contributed by atoms with Crippen LogP contribution in [0.1, 0.15) is 31.7 Å². The van der Waals surface area contributed by atoms with Crippen LogP contribution in [0.5, 0.6) is 0 Å². The molecule has 0 saturated heterocycles. The lowest BCUT2D eigenvalue weighted by atomic mass is 10.0. The number of nitrogens with zero attached hydrogens (tertiary/aromatic N) is 1. The van der Waals surface area contributed by atoms with Gasteiger partial charge in [-0.1, -0.05) is 29.3 Å². The van der Waals surface area contributed by atoms with Gasteiger partial charge in [0.2, 0.25) is 5.91 Å². The zero-order chi connectivity index (χ0) is 15.9. The third-order valence-electron chi connectivity index (χ3n) is 4.16. The first-order valence-electron chi connectivity index (χ1n) is 6.62. The monoisotopic (exact) mass is 329 g/mol. The van der Waals surface area contributed by atoms with Crippen molar-refractivity contribution in [3.63, 3.8) is 0 Å². The molecule has 0 bridgehead atoms. The van der Waals surface area contributed by atoms with Crippen LogP contribution in [-0.2, 0) is 9.59 Å². The lowest BCUT2D eigenvalue weighted by molar-refractivity contribution is -0.155. The van der Waals surface area contributed by atoms with Gasteiger partial charge in [-0.3, -0.25) is 4.79 Å². The molecule has 1 N–H and O–H groups in total. The minimum Gasteiger partial charge on any atom is -0.480 e. The van der Waals surface area contributed by atoms with Gasteiger partial charge in [-0.05, 0) is 43.9 Å². The highest BCUT2D eigenvalue weighted by molar-refractivity contribution is 6.35. The van der Waals surface area contributed by atoms with Crippen LogP contribution in [0.15, 0.2) is 18.2 Å². The molecule has 114 valence electrons. The van der Waals surface area contributed by atoms with Gasteiger partial charge in [0.25, 0.3) is 0 Å².